The van der Waals surface area contributed by atoms with Gasteiger partial charge in [0.15, 0.2) is 5.96 Å². The van der Waals surface area contributed by atoms with Crippen LogP contribution in [0.4, 0.5) is 4.79 Å². The number of halogens is 1. The summed E-state index contributed by atoms with van der Waals surface area (Å²) in [5, 5.41) is 7.96. The number of nitrogens with zero attached hydrogens (tertiary/aromatic N) is 5. The van der Waals surface area contributed by atoms with Crippen LogP contribution in [0.5, 0.6) is 0 Å². The molecule has 1 aromatic rings. The summed E-state index contributed by atoms with van der Waals surface area (Å²) >= 11 is 0. The topological polar surface area (TPSA) is 75.0 Å². The molecule has 1 saturated heterocycles. The number of piperidine rings is 1. The summed E-state index contributed by atoms with van der Waals surface area (Å²) in [6, 6.07) is 0. The second kappa shape index (κ2) is 13.4. The van der Waals surface area contributed by atoms with Gasteiger partial charge in [0.1, 0.15) is 5.60 Å². The fraction of sp³-hybridized carbons (Fsp3) is 0.792. The van der Waals surface area contributed by atoms with E-state index >= 15 is 0 Å². The molecule has 0 unspecified atom stereocenters. The minimum atomic E-state index is -0.460. The van der Waals surface area contributed by atoms with E-state index < -0.39 is 5.60 Å². The minimum Gasteiger partial charge on any atom is -0.444 e. The van der Waals surface area contributed by atoms with Gasteiger partial charge in [-0.15, -0.1) is 24.0 Å². The zero-order valence-electron chi connectivity index (χ0n) is 21.9. The Morgan fingerprint density at radius 3 is 2.36 bits per heavy atom. The standard InChI is InChI=1S/C24H44N6O2.HI/c1-9-25-22(26-14-11-21-18(3)27-28(8)19(21)4)30-15-12-20(13-16-30)17-29(10-2)23(31)32-24(5,6)7;/h20H,9-17H2,1-8H3,(H,25,26);1H. The van der Waals surface area contributed by atoms with Crippen molar-refractivity contribution in [3.63, 3.8) is 0 Å². The molecular formula is C24H45IN6O2. The predicted molar refractivity (Wildman–Crippen MR) is 146 cm³/mol. The first-order valence-electron chi connectivity index (χ1n) is 12.1. The van der Waals surface area contributed by atoms with E-state index in [-0.39, 0.29) is 30.1 Å². The molecule has 9 heteroatoms. The van der Waals surface area contributed by atoms with Gasteiger partial charge in [-0.2, -0.15) is 5.10 Å². The Hall–Kier alpha value is -1.52. The second-order valence-electron chi connectivity index (χ2n) is 9.71. The molecule has 0 spiro atoms. The SMILES string of the molecule is CCNC(=NCCc1c(C)nn(C)c1C)N1CCC(CN(CC)C(=O)OC(C)(C)C)CC1.I. The molecule has 0 bridgehead atoms. The summed E-state index contributed by atoms with van der Waals surface area (Å²) in [6.07, 6.45) is 2.78. The van der Waals surface area contributed by atoms with Crippen LogP contribution in [0.2, 0.25) is 0 Å². The van der Waals surface area contributed by atoms with Crippen molar-refractivity contribution in [1.82, 2.24) is 24.9 Å². The van der Waals surface area contributed by atoms with Gasteiger partial charge in [-0.05, 0) is 79.2 Å². The number of hydrogen-bond acceptors (Lipinski definition) is 4. The summed E-state index contributed by atoms with van der Waals surface area (Å²) in [4.78, 5) is 21.6. The largest absolute Gasteiger partial charge is 0.444 e. The second-order valence-corrected chi connectivity index (χ2v) is 9.71. The third-order valence-electron chi connectivity index (χ3n) is 6.04. The maximum Gasteiger partial charge on any atom is 0.410 e. The Morgan fingerprint density at radius 2 is 1.88 bits per heavy atom. The number of aliphatic imine (C=N–C) groups is 1. The number of guanidine groups is 1. The number of nitrogens with one attached hydrogen (secondary N) is 1. The highest BCUT2D eigenvalue weighted by atomic mass is 127. The molecule has 0 radical (unpaired) electrons. The lowest BCUT2D eigenvalue weighted by atomic mass is 9.96. The number of aromatic nitrogens is 2. The number of rotatable bonds is 7. The van der Waals surface area contributed by atoms with Crippen molar-refractivity contribution in [3.05, 3.63) is 17.0 Å². The van der Waals surface area contributed by atoms with Gasteiger partial charge in [0, 0.05) is 52.0 Å². The smallest absolute Gasteiger partial charge is 0.410 e. The molecule has 1 fully saturated rings. The van der Waals surface area contributed by atoms with Gasteiger partial charge in [0.2, 0.25) is 0 Å². The minimum absolute atomic E-state index is 0. The van der Waals surface area contributed by atoms with Crippen molar-refractivity contribution in [3.8, 4) is 0 Å². The van der Waals surface area contributed by atoms with Crippen LogP contribution >= 0.6 is 24.0 Å². The van der Waals surface area contributed by atoms with Crippen LogP contribution in [0.25, 0.3) is 0 Å². The third-order valence-corrected chi connectivity index (χ3v) is 6.04. The number of hydrogen-bond donors (Lipinski definition) is 1. The molecule has 0 saturated carbocycles. The monoisotopic (exact) mass is 576 g/mol. The van der Waals surface area contributed by atoms with Crippen molar-refractivity contribution in [2.45, 2.75) is 73.3 Å². The molecule has 1 aliphatic rings. The van der Waals surface area contributed by atoms with E-state index in [2.05, 4.69) is 36.1 Å². The maximum atomic E-state index is 12.5. The van der Waals surface area contributed by atoms with E-state index in [1.165, 1.54) is 11.3 Å². The quantitative estimate of drug-likeness (QED) is 0.300. The van der Waals surface area contributed by atoms with Crippen LogP contribution in [0, 0.1) is 19.8 Å². The molecule has 33 heavy (non-hydrogen) atoms. The average Bonchev–Trinajstić information content (AvgIpc) is 2.96. The first-order valence-corrected chi connectivity index (χ1v) is 12.1. The zero-order valence-corrected chi connectivity index (χ0v) is 24.2. The molecular weight excluding hydrogens is 531 g/mol. The Bertz CT molecular complexity index is 779. The summed E-state index contributed by atoms with van der Waals surface area (Å²) in [5.74, 6) is 1.48. The third kappa shape index (κ3) is 8.98. The first kappa shape index (κ1) is 29.5. The first-order chi connectivity index (χ1) is 15.1. The number of carbonyl (C=O) groups is 1. The van der Waals surface area contributed by atoms with Crippen LogP contribution in [0.3, 0.4) is 0 Å². The van der Waals surface area contributed by atoms with Crippen molar-refractivity contribution in [2.24, 2.45) is 18.0 Å². The molecule has 190 valence electrons. The highest BCUT2D eigenvalue weighted by Gasteiger charge is 2.27. The Morgan fingerprint density at radius 1 is 1.24 bits per heavy atom. The highest BCUT2D eigenvalue weighted by molar-refractivity contribution is 14.0. The Kier molecular flexibility index (Phi) is 12.0. The van der Waals surface area contributed by atoms with Crippen molar-refractivity contribution in [1.29, 1.82) is 0 Å². The molecule has 1 aromatic heterocycles. The van der Waals surface area contributed by atoms with Crippen molar-refractivity contribution < 1.29 is 9.53 Å². The lowest BCUT2D eigenvalue weighted by Gasteiger charge is -2.36. The lowest BCUT2D eigenvalue weighted by molar-refractivity contribution is 0.0214. The normalized spacial score (nSPS) is 15.3. The molecule has 0 aromatic carbocycles. The van der Waals surface area contributed by atoms with Crippen LogP contribution in [0.15, 0.2) is 4.99 Å². The van der Waals surface area contributed by atoms with Gasteiger partial charge in [-0.25, -0.2) is 4.79 Å². The molecule has 1 N–H and O–H groups in total. The zero-order chi connectivity index (χ0) is 23.9. The van der Waals surface area contributed by atoms with Gasteiger partial charge < -0.3 is 19.9 Å². The van der Waals surface area contributed by atoms with E-state index in [0.717, 1.165) is 63.6 Å². The van der Waals surface area contributed by atoms with E-state index in [4.69, 9.17) is 9.73 Å². The van der Waals surface area contributed by atoms with E-state index in [0.29, 0.717) is 12.5 Å². The van der Waals surface area contributed by atoms with Crippen LogP contribution in [0.1, 0.15) is 64.4 Å². The fourth-order valence-electron chi connectivity index (χ4n) is 4.18. The molecule has 0 aliphatic carbocycles. The number of aryl methyl sites for hydroxylation is 2. The van der Waals surface area contributed by atoms with Gasteiger partial charge in [-0.3, -0.25) is 9.67 Å². The van der Waals surface area contributed by atoms with E-state index in [9.17, 15) is 4.79 Å². The van der Waals surface area contributed by atoms with Crippen LogP contribution in [-0.4, -0.2) is 76.5 Å². The average molecular weight is 577 g/mol. The van der Waals surface area contributed by atoms with E-state index in [1.807, 2.05) is 44.3 Å². The molecule has 1 amide bonds. The van der Waals surface area contributed by atoms with Crippen LogP contribution < -0.4 is 5.32 Å². The van der Waals surface area contributed by atoms with E-state index in [1.54, 1.807) is 0 Å². The number of carbonyl (C=O) groups excluding carboxylic acids is 1. The molecule has 2 heterocycles. The summed E-state index contributed by atoms with van der Waals surface area (Å²) in [7, 11) is 1.99. The molecule has 8 nitrogen and oxygen atoms in total. The lowest BCUT2D eigenvalue weighted by Crippen LogP contribution is -2.48. The number of amides is 1. The fourth-order valence-corrected chi connectivity index (χ4v) is 4.18. The Labute approximate surface area is 217 Å². The van der Waals surface area contributed by atoms with Gasteiger partial charge in [0.05, 0.1) is 5.69 Å². The molecule has 1 aliphatic heterocycles. The summed E-state index contributed by atoms with van der Waals surface area (Å²) < 4.78 is 7.51. The highest BCUT2D eigenvalue weighted by Crippen LogP contribution is 2.20. The van der Waals surface area contributed by atoms with Gasteiger partial charge in [-0.1, -0.05) is 0 Å². The molecule has 2 rings (SSSR count). The predicted octanol–water partition coefficient (Wildman–Crippen LogP) is 4.13. The maximum absolute atomic E-state index is 12.5. The number of ether oxygens (including phenoxy) is 1. The number of likely N-dealkylation sites (tertiary alicyclic amines) is 1. The van der Waals surface area contributed by atoms with Gasteiger partial charge in [0.25, 0.3) is 0 Å². The molecule has 0 atom stereocenters. The van der Waals surface area contributed by atoms with Crippen LogP contribution in [-0.2, 0) is 18.2 Å². The summed E-state index contributed by atoms with van der Waals surface area (Å²) in [6.45, 7) is 19.0. The summed E-state index contributed by atoms with van der Waals surface area (Å²) in [5.41, 5.74) is 3.15. The van der Waals surface area contributed by atoms with Gasteiger partial charge >= 0.3 is 6.09 Å². The van der Waals surface area contributed by atoms with Crippen molar-refractivity contribution in [2.75, 3.05) is 39.3 Å². The van der Waals surface area contributed by atoms with Crippen molar-refractivity contribution >= 4 is 36.0 Å². The Balaban J connectivity index is 0.00000544.